The Bertz CT molecular complexity index is 438. The molecular weight excluding hydrogens is 234 g/mol. The fraction of sp³-hybridized carbons (Fsp3) is 0.500. The number of ether oxygens (including phenoxy) is 1. The van der Waals surface area contributed by atoms with Gasteiger partial charge in [-0.1, -0.05) is 24.9 Å². The first-order chi connectivity index (χ1) is 8.20. The quantitative estimate of drug-likeness (QED) is 0.788. The second-order valence-corrected chi connectivity index (χ2v) is 5.08. The molecule has 0 aliphatic heterocycles. The normalized spacial score (nSPS) is 24.1. The van der Waals surface area contributed by atoms with E-state index in [4.69, 9.17) is 21.6 Å². The molecule has 3 heteroatoms. The highest BCUT2D eigenvalue weighted by Gasteiger charge is 2.22. The predicted octanol–water partition coefficient (Wildman–Crippen LogP) is 4.17. The van der Waals surface area contributed by atoms with E-state index >= 15 is 0 Å². The largest absolute Gasteiger partial charge is 0.490 e. The van der Waals surface area contributed by atoms with Crippen molar-refractivity contribution in [1.82, 2.24) is 0 Å². The number of hydrogen-bond acceptors (Lipinski definition) is 2. The summed E-state index contributed by atoms with van der Waals surface area (Å²) in [5, 5.41) is 9.26. The third-order valence-electron chi connectivity index (χ3n) is 3.38. The van der Waals surface area contributed by atoms with Crippen LogP contribution in [-0.4, -0.2) is 6.10 Å². The average molecular weight is 250 g/mol. The van der Waals surface area contributed by atoms with Crippen LogP contribution in [0.5, 0.6) is 5.75 Å². The number of hydrogen-bond donors (Lipinski definition) is 0. The van der Waals surface area contributed by atoms with E-state index in [1.54, 1.807) is 12.1 Å². The molecule has 2 rings (SSSR count). The standard InChI is InChI=1S/C14H16ClNO/c1-10-4-2-3-5-14(10)17-12-7-6-11(9-16)13(15)8-12/h6-8,10,14H,2-5H2,1H3/t10?,14-/m0/s1. The van der Waals surface area contributed by atoms with E-state index in [9.17, 15) is 0 Å². The van der Waals surface area contributed by atoms with Crippen molar-refractivity contribution in [2.24, 2.45) is 5.92 Å². The van der Waals surface area contributed by atoms with Crippen LogP contribution in [0, 0.1) is 17.2 Å². The molecule has 17 heavy (non-hydrogen) atoms. The molecule has 0 amide bonds. The summed E-state index contributed by atoms with van der Waals surface area (Å²) in [7, 11) is 0. The van der Waals surface area contributed by atoms with Crippen LogP contribution >= 0.6 is 11.6 Å². The summed E-state index contributed by atoms with van der Waals surface area (Å²) in [4.78, 5) is 0. The molecule has 1 aromatic carbocycles. The highest BCUT2D eigenvalue weighted by molar-refractivity contribution is 6.31. The van der Waals surface area contributed by atoms with E-state index in [2.05, 4.69) is 6.92 Å². The fourth-order valence-electron chi connectivity index (χ4n) is 2.29. The summed E-state index contributed by atoms with van der Waals surface area (Å²) >= 11 is 5.98. The maximum Gasteiger partial charge on any atom is 0.121 e. The average Bonchev–Trinajstić information content (AvgIpc) is 2.32. The molecule has 1 saturated carbocycles. The molecule has 2 nitrogen and oxygen atoms in total. The topological polar surface area (TPSA) is 33.0 Å². The van der Waals surface area contributed by atoms with Gasteiger partial charge >= 0.3 is 0 Å². The first-order valence-electron chi connectivity index (χ1n) is 6.07. The molecule has 0 saturated heterocycles. The van der Waals surface area contributed by atoms with Gasteiger partial charge < -0.3 is 4.74 Å². The van der Waals surface area contributed by atoms with Crippen molar-refractivity contribution in [3.8, 4) is 11.8 Å². The molecule has 90 valence electrons. The molecule has 0 spiro atoms. The highest BCUT2D eigenvalue weighted by atomic mass is 35.5. The first-order valence-corrected chi connectivity index (χ1v) is 6.45. The number of rotatable bonds is 2. The van der Waals surface area contributed by atoms with E-state index in [1.807, 2.05) is 12.1 Å². The van der Waals surface area contributed by atoms with Crippen molar-refractivity contribution in [1.29, 1.82) is 5.26 Å². The molecule has 0 N–H and O–H groups in total. The lowest BCUT2D eigenvalue weighted by Crippen LogP contribution is -2.28. The van der Waals surface area contributed by atoms with E-state index in [-0.39, 0.29) is 6.10 Å². The number of nitriles is 1. The van der Waals surface area contributed by atoms with E-state index in [1.165, 1.54) is 19.3 Å². The van der Waals surface area contributed by atoms with Gasteiger partial charge in [0, 0.05) is 6.07 Å². The fourth-order valence-corrected chi connectivity index (χ4v) is 2.50. The van der Waals surface area contributed by atoms with Gasteiger partial charge in [-0.25, -0.2) is 0 Å². The summed E-state index contributed by atoms with van der Waals surface area (Å²) < 4.78 is 5.95. The van der Waals surface area contributed by atoms with Gasteiger partial charge in [0.1, 0.15) is 17.9 Å². The molecule has 1 unspecified atom stereocenters. The summed E-state index contributed by atoms with van der Waals surface area (Å²) in [5.41, 5.74) is 0.496. The Balaban J connectivity index is 2.08. The molecule has 0 aromatic heterocycles. The van der Waals surface area contributed by atoms with Crippen molar-refractivity contribution < 1.29 is 4.74 Å². The Morgan fingerprint density at radius 2 is 2.12 bits per heavy atom. The van der Waals surface area contributed by atoms with Crippen molar-refractivity contribution in [2.45, 2.75) is 38.7 Å². The second-order valence-electron chi connectivity index (χ2n) is 4.67. The van der Waals surface area contributed by atoms with Crippen LogP contribution in [0.15, 0.2) is 18.2 Å². The molecular formula is C14H16ClNO. The zero-order chi connectivity index (χ0) is 12.3. The van der Waals surface area contributed by atoms with E-state index in [0.717, 1.165) is 12.2 Å². The maximum atomic E-state index is 8.80. The number of benzene rings is 1. The van der Waals surface area contributed by atoms with Gasteiger partial charge in [0.2, 0.25) is 0 Å². The Morgan fingerprint density at radius 3 is 2.76 bits per heavy atom. The lowest BCUT2D eigenvalue weighted by Gasteiger charge is -2.29. The lowest BCUT2D eigenvalue weighted by molar-refractivity contribution is 0.102. The third-order valence-corrected chi connectivity index (χ3v) is 3.69. The Hall–Kier alpha value is -1.20. The van der Waals surface area contributed by atoms with Crippen molar-refractivity contribution >= 4 is 11.6 Å². The van der Waals surface area contributed by atoms with Crippen LogP contribution in [-0.2, 0) is 0 Å². The van der Waals surface area contributed by atoms with Gasteiger partial charge in [0.25, 0.3) is 0 Å². The zero-order valence-corrected chi connectivity index (χ0v) is 10.7. The highest BCUT2D eigenvalue weighted by Crippen LogP contribution is 2.29. The van der Waals surface area contributed by atoms with Crippen LogP contribution in [0.3, 0.4) is 0 Å². The first kappa shape index (κ1) is 12.3. The monoisotopic (exact) mass is 249 g/mol. The summed E-state index contributed by atoms with van der Waals surface area (Å²) in [6.07, 6.45) is 5.16. The second kappa shape index (κ2) is 5.42. The van der Waals surface area contributed by atoms with Gasteiger partial charge in [-0.2, -0.15) is 5.26 Å². The van der Waals surface area contributed by atoms with Gasteiger partial charge in [-0.05, 0) is 37.3 Å². The molecule has 1 aliphatic carbocycles. The Kier molecular flexibility index (Phi) is 3.91. The zero-order valence-electron chi connectivity index (χ0n) is 9.95. The van der Waals surface area contributed by atoms with Crippen LogP contribution in [0.4, 0.5) is 0 Å². The molecule has 0 radical (unpaired) electrons. The van der Waals surface area contributed by atoms with Crippen molar-refractivity contribution in [2.75, 3.05) is 0 Å². The number of nitrogens with zero attached hydrogens (tertiary/aromatic N) is 1. The van der Waals surface area contributed by atoms with Gasteiger partial charge in [0.05, 0.1) is 10.6 Å². The SMILES string of the molecule is CC1CCCC[C@@H]1Oc1ccc(C#N)c(Cl)c1. The van der Waals surface area contributed by atoms with Gasteiger partial charge in [0.15, 0.2) is 0 Å². The molecule has 1 aliphatic rings. The minimum absolute atomic E-state index is 0.285. The van der Waals surface area contributed by atoms with Crippen molar-refractivity contribution in [3.63, 3.8) is 0 Å². The van der Waals surface area contributed by atoms with Crippen LogP contribution in [0.2, 0.25) is 5.02 Å². The molecule has 0 bridgehead atoms. The van der Waals surface area contributed by atoms with E-state index in [0.29, 0.717) is 16.5 Å². The predicted molar refractivity (Wildman–Crippen MR) is 68.2 cm³/mol. The summed E-state index contributed by atoms with van der Waals surface area (Å²) in [6, 6.07) is 7.32. The Labute approximate surface area is 107 Å². The third kappa shape index (κ3) is 2.92. The molecule has 2 atom stereocenters. The minimum atomic E-state index is 0.285. The Morgan fingerprint density at radius 1 is 1.35 bits per heavy atom. The summed E-state index contributed by atoms with van der Waals surface area (Å²) in [6.45, 7) is 2.23. The maximum absolute atomic E-state index is 8.80. The van der Waals surface area contributed by atoms with Crippen LogP contribution < -0.4 is 4.74 Å². The smallest absolute Gasteiger partial charge is 0.121 e. The molecule has 1 aromatic rings. The van der Waals surface area contributed by atoms with E-state index < -0.39 is 0 Å². The number of halogens is 1. The van der Waals surface area contributed by atoms with Crippen molar-refractivity contribution in [3.05, 3.63) is 28.8 Å². The van der Waals surface area contributed by atoms with Gasteiger partial charge in [-0.15, -0.1) is 0 Å². The van der Waals surface area contributed by atoms with Crippen LogP contribution in [0.1, 0.15) is 38.2 Å². The van der Waals surface area contributed by atoms with Gasteiger partial charge in [-0.3, -0.25) is 0 Å². The lowest BCUT2D eigenvalue weighted by atomic mass is 9.88. The molecule has 0 heterocycles. The van der Waals surface area contributed by atoms with Crippen LogP contribution in [0.25, 0.3) is 0 Å². The summed E-state index contributed by atoms with van der Waals surface area (Å²) in [5.74, 6) is 1.37. The minimum Gasteiger partial charge on any atom is -0.490 e. The molecule has 1 fully saturated rings.